The van der Waals surface area contributed by atoms with Crippen molar-refractivity contribution in [2.75, 3.05) is 21.3 Å². The Balaban J connectivity index is 0.000000247. The van der Waals surface area contributed by atoms with E-state index >= 15 is 0 Å². The molecule has 0 aliphatic heterocycles. The van der Waals surface area contributed by atoms with Gasteiger partial charge in [-0.3, -0.25) is 0 Å². The van der Waals surface area contributed by atoms with Crippen molar-refractivity contribution in [2.24, 2.45) is 0 Å². The first-order chi connectivity index (χ1) is 15.8. The van der Waals surface area contributed by atoms with Crippen LogP contribution in [0.4, 0.5) is 0 Å². The Morgan fingerprint density at radius 2 is 1.27 bits per heavy atom. The van der Waals surface area contributed by atoms with Gasteiger partial charge in [-0.05, 0) is 43.2 Å². The molecule has 0 aromatic heterocycles. The van der Waals surface area contributed by atoms with Gasteiger partial charge in [-0.1, -0.05) is 54.6 Å². The number of phenols is 2. The molecule has 0 heterocycles. The molecule has 0 aliphatic carbocycles. The van der Waals surface area contributed by atoms with Gasteiger partial charge in [0, 0.05) is 19.8 Å². The highest BCUT2D eigenvalue weighted by Crippen LogP contribution is 2.23. The van der Waals surface area contributed by atoms with Crippen LogP contribution in [-0.2, 0) is 14.2 Å². The van der Waals surface area contributed by atoms with Crippen LogP contribution in [0.25, 0.3) is 0 Å². The highest BCUT2D eigenvalue weighted by Gasteiger charge is 2.09. The van der Waals surface area contributed by atoms with E-state index < -0.39 is 12.3 Å². The molecule has 7 heteroatoms. The number of para-hydroxylation sites is 2. The van der Waals surface area contributed by atoms with Gasteiger partial charge in [-0.2, -0.15) is 0 Å². The monoisotopic (exact) mass is 456 g/mol. The fourth-order valence-electron chi connectivity index (χ4n) is 2.75. The number of carbonyl (C=O) groups excluding carboxylic acids is 1. The lowest BCUT2D eigenvalue weighted by molar-refractivity contribution is -0.0780. The van der Waals surface area contributed by atoms with E-state index in [4.69, 9.17) is 14.9 Å². The number of aromatic hydroxyl groups is 2. The van der Waals surface area contributed by atoms with E-state index in [-0.39, 0.29) is 23.2 Å². The maximum atomic E-state index is 10.9. The Kier molecular flexibility index (Phi) is 12.3. The predicted molar refractivity (Wildman–Crippen MR) is 126 cm³/mol. The zero-order chi connectivity index (χ0) is 24.8. The second kappa shape index (κ2) is 14.6. The van der Waals surface area contributed by atoms with Gasteiger partial charge in [0.25, 0.3) is 0 Å². The Hall–Kier alpha value is -3.39. The van der Waals surface area contributed by atoms with Crippen molar-refractivity contribution < 1.29 is 34.3 Å². The van der Waals surface area contributed by atoms with Crippen molar-refractivity contribution in [3.63, 3.8) is 0 Å². The van der Waals surface area contributed by atoms with Crippen LogP contribution in [0.5, 0.6) is 11.5 Å². The van der Waals surface area contributed by atoms with Crippen molar-refractivity contribution in [1.29, 1.82) is 0 Å². The Bertz CT molecular complexity index is 936. The molecule has 0 saturated carbocycles. The Morgan fingerprint density at radius 1 is 0.758 bits per heavy atom. The van der Waals surface area contributed by atoms with Gasteiger partial charge in [-0.25, -0.2) is 4.79 Å². The summed E-state index contributed by atoms with van der Waals surface area (Å²) in [7, 11) is 4.38. The molecule has 0 amide bonds. The summed E-state index contributed by atoms with van der Waals surface area (Å²) in [6, 6.07) is 21.0. The van der Waals surface area contributed by atoms with Gasteiger partial charge in [0.2, 0.25) is 0 Å². The van der Waals surface area contributed by atoms with E-state index in [1.54, 1.807) is 37.4 Å². The van der Waals surface area contributed by atoms with E-state index in [0.29, 0.717) is 5.56 Å². The topological polar surface area (TPSA) is 105 Å². The summed E-state index contributed by atoms with van der Waals surface area (Å²) in [6.07, 6.45) is -0.840. The van der Waals surface area contributed by atoms with Crippen molar-refractivity contribution in [3.8, 4) is 11.5 Å². The number of aryl methyl sites for hydroxylation is 1. The van der Waals surface area contributed by atoms with Crippen LogP contribution in [-0.4, -0.2) is 42.6 Å². The second-order valence-corrected chi connectivity index (χ2v) is 6.89. The maximum Gasteiger partial charge on any atom is 0.341 e. The van der Waals surface area contributed by atoms with Crippen molar-refractivity contribution in [3.05, 3.63) is 95.1 Å². The van der Waals surface area contributed by atoms with E-state index in [0.717, 1.165) is 0 Å². The number of aliphatic hydroxyl groups is 1. The number of carbonyl (C=O) groups is 1. The predicted octanol–water partition coefficient (Wildman–Crippen LogP) is 4.91. The average Bonchev–Trinajstić information content (AvgIpc) is 2.84. The summed E-state index contributed by atoms with van der Waals surface area (Å²) in [5, 5.41) is 27.4. The number of aliphatic hydroxyl groups excluding tert-OH is 1. The van der Waals surface area contributed by atoms with Crippen molar-refractivity contribution >= 4 is 5.97 Å². The van der Waals surface area contributed by atoms with Crippen LogP contribution in [0.3, 0.4) is 0 Å². The van der Waals surface area contributed by atoms with Crippen molar-refractivity contribution in [1.82, 2.24) is 0 Å². The molecule has 2 unspecified atom stereocenters. The third kappa shape index (κ3) is 8.94. The molecule has 3 aromatic rings. The van der Waals surface area contributed by atoms with Gasteiger partial charge >= 0.3 is 5.97 Å². The van der Waals surface area contributed by atoms with Gasteiger partial charge < -0.3 is 29.5 Å². The minimum atomic E-state index is -1.05. The van der Waals surface area contributed by atoms with Crippen molar-refractivity contribution in [2.45, 2.75) is 26.2 Å². The number of benzene rings is 3. The normalized spacial score (nSPS) is 11.7. The molecule has 0 bridgehead atoms. The van der Waals surface area contributed by atoms with Crippen LogP contribution in [0, 0.1) is 6.92 Å². The van der Waals surface area contributed by atoms with Gasteiger partial charge in [0.1, 0.15) is 17.1 Å². The summed E-state index contributed by atoms with van der Waals surface area (Å²) >= 11 is 0. The Labute approximate surface area is 194 Å². The first-order valence-electron chi connectivity index (χ1n) is 10.2. The van der Waals surface area contributed by atoms with Crippen LogP contribution in [0.1, 0.15) is 46.4 Å². The van der Waals surface area contributed by atoms with E-state index in [1.807, 2.05) is 12.1 Å². The van der Waals surface area contributed by atoms with Crippen LogP contribution in [0.2, 0.25) is 0 Å². The molecular weight excluding hydrogens is 424 g/mol. The molecular formula is C26H32O7. The zero-order valence-corrected chi connectivity index (χ0v) is 19.6. The molecule has 3 aromatic carbocycles. The lowest BCUT2D eigenvalue weighted by Crippen LogP contribution is -2.00. The van der Waals surface area contributed by atoms with Gasteiger partial charge in [0.15, 0.2) is 6.29 Å². The fraction of sp³-hybridized carbons (Fsp3) is 0.269. The average molecular weight is 457 g/mol. The summed E-state index contributed by atoms with van der Waals surface area (Å²) in [6.45, 7) is 4.16. The van der Waals surface area contributed by atoms with Gasteiger partial charge in [0.05, 0.1) is 13.2 Å². The quantitative estimate of drug-likeness (QED) is 0.370. The van der Waals surface area contributed by atoms with Crippen LogP contribution < -0.4 is 0 Å². The molecule has 0 radical (unpaired) electrons. The van der Waals surface area contributed by atoms with E-state index in [1.165, 1.54) is 43.5 Å². The maximum absolute atomic E-state index is 10.9. The molecule has 0 fully saturated rings. The number of ether oxygens (including phenoxy) is 3. The Morgan fingerprint density at radius 3 is 1.76 bits per heavy atom. The third-order valence-electron chi connectivity index (χ3n) is 4.72. The second-order valence-electron chi connectivity index (χ2n) is 6.89. The SMILES string of the molecule is COC(=O)c1ccccc1O.COC(C)c1ccccc1C.COC(O)c1ccccc1O. The van der Waals surface area contributed by atoms with E-state index in [2.05, 4.69) is 35.5 Å². The number of phenolic OH excluding ortho intramolecular Hbond substituents is 2. The minimum Gasteiger partial charge on any atom is -0.507 e. The molecule has 7 nitrogen and oxygen atoms in total. The highest BCUT2D eigenvalue weighted by molar-refractivity contribution is 5.92. The molecule has 0 saturated heterocycles. The largest absolute Gasteiger partial charge is 0.507 e. The van der Waals surface area contributed by atoms with Crippen LogP contribution >= 0.6 is 0 Å². The zero-order valence-electron chi connectivity index (χ0n) is 19.6. The summed E-state index contributed by atoms with van der Waals surface area (Å²) < 4.78 is 14.2. The van der Waals surface area contributed by atoms with E-state index in [9.17, 15) is 9.90 Å². The lowest BCUT2D eigenvalue weighted by Gasteiger charge is -2.11. The fourth-order valence-corrected chi connectivity index (χ4v) is 2.75. The molecule has 33 heavy (non-hydrogen) atoms. The number of rotatable bonds is 5. The molecule has 3 rings (SSSR count). The summed E-state index contributed by atoms with van der Waals surface area (Å²) in [5.41, 5.74) is 3.14. The number of hydrogen-bond acceptors (Lipinski definition) is 7. The van der Waals surface area contributed by atoms with Gasteiger partial charge in [-0.15, -0.1) is 0 Å². The smallest absolute Gasteiger partial charge is 0.341 e. The number of methoxy groups -OCH3 is 3. The summed E-state index contributed by atoms with van der Waals surface area (Å²) in [5.74, 6) is -0.538. The molecule has 3 N–H and O–H groups in total. The first-order valence-corrected chi connectivity index (χ1v) is 10.2. The third-order valence-corrected chi connectivity index (χ3v) is 4.72. The minimum absolute atomic E-state index is 0.0434. The molecule has 0 spiro atoms. The molecule has 0 aliphatic rings. The number of esters is 1. The van der Waals surface area contributed by atoms with Crippen LogP contribution in [0.15, 0.2) is 72.8 Å². The highest BCUT2D eigenvalue weighted by atomic mass is 16.6. The standard InChI is InChI=1S/C10H14O.C8H10O3.C8H8O3/c1-8-6-4-5-7-10(8)9(2)11-3;2*1-11-8(10)6-4-2-3-5-7(6)9/h4-7,9H,1-3H3;2-5,8-10H,1H3;2-5,9H,1H3. The number of hydrogen-bond donors (Lipinski definition) is 3. The molecule has 2 atom stereocenters. The first kappa shape index (κ1) is 27.6. The lowest BCUT2D eigenvalue weighted by atomic mass is 10.1. The summed E-state index contributed by atoms with van der Waals surface area (Å²) in [4.78, 5) is 10.9. The molecule has 178 valence electrons.